The molecule has 1 atom stereocenters. The minimum atomic E-state index is -0.143. The van der Waals surface area contributed by atoms with Crippen LogP contribution < -0.4 is 5.43 Å². The first-order valence-electron chi connectivity index (χ1n) is 9.71. The lowest BCUT2D eigenvalue weighted by Crippen LogP contribution is -2.35. The predicted molar refractivity (Wildman–Crippen MR) is 115 cm³/mol. The largest absolute Gasteiger partial charge is 0.507 e. The van der Waals surface area contributed by atoms with Crippen LogP contribution in [0.15, 0.2) is 36.4 Å². The molecule has 0 fully saturated rings. The molecule has 2 N–H and O–H groups in total. The number of rotatable bonds is 4. The van der Waals surface area contributed by atoms with Crippen LogP contribution in [0.5, 0.6) is 5.75 Å². The number of hydrogen-bond donors (Lipinski definition) is 2. The molecule has 0 aromatic heterocycles. The van der Waals surface area contributed by atoms with Gasteiger partial charge in [0, 0.05) is 7.05 Å². The highest BCUT2D eigenvalue weighted by molar-refractivity contribution is 5.52. The highest BCUT2D eigenvalue weighted by Gasteiger charge is 2.29. The van der Waals surface area contributed by atoms with Gasteiger partial charge in [-0.15, -0.1) is 0 Å². The fourth-order valence-corrected chi connectivity index (χ4v) is 3.48. The van der Waals surface area contributed by atoms with Crippen LogP contribution in [-0.4, -0.2) is 24.2 Å². The highest BCUT2D eigenvalue weighted by Crippen LogP contribution is 2.42. The molecule has 0 heterocycles. The molecule has 2 aromatic carbocycles. The van der Waals surface area contributed by atoms with Crippen LogP contribution in [0.1, 0.15) is 75.4 Å². The SMILES string of the molecule is CNN(C)C(c1ccc(C)cc1)c1cc(C(C)(C)C)c(O)c(C(C)(C)C)c1. The third-order valence-corrected chi connectivity index (χ3v) is 5.20. The lowest BCUT2D eigenvalue weighted by molar-refractivity contribution is 0.210. The maximum atomic E-state index is 11.0. The van der Waals surface area contributed by atoms with Crippen molar-refractivity contribution < 1.29 is 5.11 Å². The van der Waals surface area contributed by atoms with E-state index in [9.17, 15) is 5.11 Å². The molecule has 3 nitrogen and oxygen atoms in total. The molecule has 0 radical (unpaired) electrons. The second kappa shape index (κ2) is 7.65. The van der Waals surface area contributed by atoms with Crippen molar-refractivity contribution in [2.75, 3.05) is 14.1 Å². The average molecular weight is 369 g/mol. The molecule has 0 aliphatic carbocycles. The normalized spacial score (nSPS) is 13.9. The minimum Gasteiger partial charge on any atom is -0.507 e. The fraction of sp³-hybridized carbons (Fsp3) is 0.500. The summed E-state index contributed by atoms with van der Waals surface area (Å²) in [5, 5.41) is 13.2. The lowest BCUT2D eigenvalue weighted by atomic mass is 9.77. The molecular weight excluding hydrogens is 332 g/mol. The Balaban J connectivity index is 2.77. The van der Waals surface area contributed by atoms with Gasteiger partial charge in [-0.1, -0.05) is 71.4 Å². The summed E-state index contributed by atoms with van der Waals surface area (Å²) in [5.41, 5.74) is 8.64. The molecule has 0 saturated carbocycles. The second-order valence-corrected chi connectivity index (χ2v) is 9.61. The molecule has 0 aliphatic heterocycles. The number of benzene rings is 2. The summed E-state index contributed by atoms with van der Waals surface area (Å²) in [4.78, 5) is 0. The van der Waals surface area contributed by atoms with Gasteiger partial charge in [0.1, 0.15) is 5.75 Å². The molecule has 148 valence electrons. The zero-order chi connectivity index (χ0) is 20.6. The van der Waals surface area contributed by atoms with Gasteiger partial charge in [-0.2, -0.15) is 0 Å². The predicted octanol–water partition coefficient (Wildman–Crippen LogP) is 5.45. The summed E-state index contributed by atoms with van der Waals surface area (Å²) < 4.78 is 0. The molecular formula is C24H36N2O. The Morgan fingerprint density at radius 3 is 1.67 bits per heavy atom. The first-order valence-corrected chi connectivity index (χ1v) is 9.71. The van der Waals surface area contributed by atoms with Gasteiger partial charge in [0.25, 0.3) is 0 Å². The van der Waals surface area contributed by atoms with Gasteiger partial charge in [0.15, 0.2) is 0 Å². The molecule has 0 spiro atoms. The number of phenolic OH excluding ortho intramolecular Hbond substituents is 1. The Hall–Kier alpha value is -1.84. The highest BCUT2D eigenvalue weighted by atomic mass is 16.3. The van der Waals surface area contributed by atoms with Crippen molar-refractivity contribution in [2.24, 2.45) is 0 Å². The summed E-state index contributed by atoms with van der Waals surface area (Å²) >= 11 is 0. The van der Waals surface area contributed by atoms with Crippen molar-refractivity contribution in [3.8, 4) is 5.75 Å². The van der Waals surface area contributed by atoms with E-state index in [4.69, 9.17) is 0 Å². The number of nitrogens with zero attached hydrogens (tertiary/aromatic N) is 1. The van der Waals surface area contributed by atoms with E-state index in [0.717, 1.165) is 11.1 Å². The van der Waals surface area contributed by atoms with Gasteiger partial charge in [-0.3, -0.25) is 5.43 Å². The Morgan fingerprint density at radius 1 is 0.852 bits per heavy atom. The van der Waals surface area contributed by atoms with Crippen molar-refractivity contribution in [1.82, 2.24) is 10.4 Å². The maximum absolute atomic E-state index is 11.0. The maximum Gasteiger partial charge on any atom is 0.123 e. The van der Waals surface area contributed by atoms with E-state index in [2.05, 4.69) is 102 Å². The average Bonchev–Trinajstić information content (AvgIpc) is 2.55. The first-order chi connectivity index (χ1) is 12.4. The van der Waals surface area contributed by atoms with Crippen LogP contribution in [0, 0.1) is 6.92 Å². The Bertz CT molecular complexity index is 745. The number of aromatic hydroxyl groups is 1. The Kier molecular flexibility index (Phi) is 6.08. The molecule has 2 rings (SSSR count). The summed E-state index contributed by atoms with van der Waals surface area (Å²) in [6.07, 6.45) is 0. The molecule has 2 aromatic rings. The Labute approximate surface area is 165 Å². The lowest BCUT2D eigenvalue weighted by Gasteiger charge is -2.33. The van der Waals surface area contributed by atoms with Gasteiger partial charge in [-0.05, 0) is 59.2 Å². The van der Waals surface area contributed by atoms with Gasteiger partial charge < -0.3 is 5.11 Å². The quantitative estimate of drug-likeness (QED) is 0.704. The van der Waals surface area contributed by atoms with Crippen LogP contribution in [0.25, 0.3) is 0 Å². The van der Waals surface area contributed by atoms with E-state index in [0.29, 0.717) is 5.75 Å². The van der Waals surface area contributed by atoms with Gasteiger partial charge >= 0.3 is 0 Å². The summed E-state index contributed by atoms with van der Waals surface area (Å²) in [5.74, 6) is 0.425. The van der Waals surface area contributed by atoms with E-state index < -0.39 is 0 Å². The summed E-state index contributed by atoms with van der Waals surface area (Å²) in [6, 6.07) is 13.1. The fourth-order valence-electron chi connectivity index (χ4n) is 3.48. The monoisotopic (exact) mass is 368 g/mol. The van der Waals surface area contributed by atoms with Crippen LogP contribution in [0.4, 0.5) is 0 Å². The second-order valence-electron chi connectivity index (χ2n) is 9.61. The van der Waals surface area contributed by atoms with E-state index >= 15 is 0 Å². The van der Waals surface area contributed by atoms with Crippen LogP contribution in [-0.2, 0) is 10.8 Å². The molecule has 0 amide bonds. The molecule has 27 heavy (non-hydrogen) atoms. The zero-order valence-corrected chi connectivity index (χ0v) is 18.4. The summed E-state index contributed by atoms with van der Waals surface area (Å²) in [7, 11) is 4.00. The van der Waals surface area contributed by atoms with Gasteiger partial charge in [0.05, 0.1) is 6.04 Å². The van der Waals surface area contributed by atoms with Crippen LogP contribution in [0.2, 0.25) is 0 Å². The molecule has 1 unspecified atom stereocenters. The number of aryl methyl sites for hydroxylation is 1. The first kappa shape index (κ1) is 21.5. The smallest absolute Gasteiger partial charge is 0.123 e. The number of nitrogens with one attached hydrogen (secondary N) is 1. The van der Waals surface area contributed by atoms with E-state index in [-0.39, 0.29) is 16.9 Å². The standard InChI is InChI=1S/C24H36N2O/c1-16-10-12-17(13-11-16)21(26(9)25-8)18-14-19(23(2,3)4)22(27)20(15-18)24(5,6)7/h10-15,21,25,27H,1-9H3. The van der Waals surface area contributed by atoms with Crippen LogP contribution >= 0.6 is 0 Å². The van der Waals surface area contributed by atoms with E-state index in [1.807, 2.05) is 7.05 Å². The van der Waals surface area contributed by atoms with E-state index in [1.165, 1.54) is 16.7 Å². The van der Waals surface area contributed by atoms with Crippen LogP contribution in [0.3, 0.4) is 0 Å². The van der Waals surface area contributed by atoms with E-state index in [1.54, 1.807) is 0 Å². The minimum absolute atomic E-state index is 0.0541. The zero-order valence-electron chi connectivity index (χ0n) is 18.4. The third-order valence-electron chi connectivity index (χ3n) is 5.20. The third kappa shape index (κ3) is 4.72. The molecule has 0 aliphatic rings. The summed E-state index contributed by atoms with van der Waals surface area (Å²) in [6.45, 7) is 15.0. The molecule has 3 heteroatoms. The number of phenols is 1. The molecule has 0 bridgehead atoms. The van der Waals surface area contributed by atoms with Crippen molar-refractivity contribution >= 4 is 0 Å². The topological polar surface area (TPSA) is 35.5 Å². The van der Waals surface area contributed by atoms with Crippen molar-refractivity contribution in [3.63, 3.8) is 0 Å². The van der Waals surface area contributed by atoms with Crippen molar-refractivity contribution in [1.29, 1.82) is 0 Å². The number of hydrogen-bond acceptors (Lipinski definition) is 3. The van der Waals surface area contributed by atoms with Gasteiger partial charge in [0.2, 0.25) is 0 Å². The Morgan fingerprint density at radius 2 is 1.30 bits per heavy atom. The molecule has 0 saturated heterocycles. The number of hydrazine groups is 1. The van der Waals surface area contributed by atoms with Crippen molar-refractivity contribution in [3.05, 3.63) is 64.2 Å². The van der Waals surface area contributed by atoms with Gasteiger partial charge in [-0.25, -0.2) is 5.01 Å². The van der Waals surface area contributed by atoms with Crippen molar-refractivity contribution in [2.45, 2.75) is 65.3 Å².